The van der Waals surface area contributed by atoms with Crippen molar-refractivity contribution in [3.8, 4) is 0 Å². The zero-order valence-electron chi connectivity index (χ0n) is 10.9. The van der Waals surface area contributed by atoms with Crippen LogP contribution in [0.5, 0.6) is 0 Å². The van der Waals surface area contributed by atoms with Crippen molar-refractivity contribution in [2.45, 2.75) is 6.54 Å². The van der Waals surface area contributed by atoms with E-state index in [1.165, 1.54) is 4.90 Å². The summed E-state index contributed by atoms with van der Waals surface area (Å²) in [5, 5.41) is 6.46. The Labute approximate surface area is 134 Å². The van der Waals surface area contributed by atoms with E-state index >= 15 is 0 Å². The zero-order valence-corrected chi connectivity index (χ0v) is 13.3. The van der Waals surface area contributed by atoms with Crippen molar-refractivity contribution < 1.29 is 9.59 Å². The summed E-state index contributed by atoms with van der Waals surface area (Å²) in [7, 11) is 0. The van der Waals surface area contributed by atoms with Gasteiger partial charge in [0.05, 0.1) is 6.54 Å². The molecule has 0 aliphatic carbocycles. The molecule has 0 atom stereocenters. The number of halogens is 1. The van der Waals surface area contributed by atoms with Crippen LogP contribution in [0.4, 0.5) is 4.79 Å². The van der Waals surface area contributed by atoms with Crippen LogP contribution in [-0.2, 0) is 11.3 Å². The first-order valence-electron chi connectivity index (χ1n) is 6.25. The van der Waals surface area contributed by atoms with Gasteiger partial charge in [-0.2, -0.15) is 11.3 Å². The number of carbonyl (C=O) groups is 2. The van der Waals surface area contributed by atoms with Gasteiger partial charge in [-0.25, -0.2) is 4.79 Å². The van der Waals surface area contributed by atoms with E-state index in [-0.39, 0.29) is 18.5 Å². The Morgan fingerprint density at radius 3 is 2.62 bits per heavy atom. The van der Waals surface area contributed by atoms with Crippen molar-refractivity contribution in [2.75, 3.05) is 0 Å². The van der Waals surface area contributed by atoms with E-state index in [1.807, 2.05) is 41.1 Å². The number of thiophene rings is 1. The Morgan fingerprint density at radius 2 is 1.95 bits per heavy atom. The molecule has 3 rings (SSSR count). The molecule has 2 aromatic rings. The van der Waals surface area contributed by atoms with E-state index in [1.54, 1.807) is 17.4 Å². The molecule has 6 heteroatoms. The highest BCUT2D eigenvalue weighted by Crippen LogP contribution is 2.19. The van der Waals surface area contributed by atoms with Gasteiger partial charge in [0.15, 0.2) is 0 Å². The number of carbonyl (C=O) groups excluding carboxylic acids is 2. The Bertz CT molecular complexity index is 708. The predicted octanol–water partition coefficient (Wildman–Crippen LogP) is 3.60. The molecule has 1 aliphatic heterocycles. The summed E-state index contributed by atoms with van der Waals surface area (Å²) in [5.74, 6) is -0.297. The standard InChI is InChI=1S/C15H11BrN2O2S/c16-12-3-1-10(2-4-12)8-18-14(19)13(17-15(18)20)7-11-5-6-21-9-11/h1-7,9H,8H2,(H,17,20). The second-order valence-corrected chi connectivity index (χ2v) is 6.26. The first-order chi connectivity index (χ1) is 10.1. The number of hydrogen-bond donors (Lipinski definition) is 1. The minimum absolute atomic E-state index is 0.263. The minimum Gasteiger partial charge on any atom is -0.303 e. The van der Waals surface area contributed by atoms with Gasteiger partial charge in [-0.15, -0.1) is 0 Å². The van der Waals surface area contributed by atoms with Crippen LogP contribution >= 0.6 is 27.3 Å². The number of rotatable bonds is 3. The monoisotopic (exact) mass is 362 g/mol. The summed E-state index contributed by atoms with van der Waals surface area (Å²) in [6.07, 6.45) is 1.69. The van der Waals surface area contributed by atoms with Gasteiger partial charge >= 0.3 is 6.03 Å². The van der Waals surface area contributed by atoms with Crippen LogP contribution in [0.2, 0.25) is 0 Å². The first-order valence-corrected chi connectivity index (χ1v) is 7.98. The van der Waals surface area contributed by atoms with Gasteiger partial charge < -0.3 is 5.32 Å². The topological polar surface area (TPSA) is 49.4 Å². The number of amides is 3. The van der Waals surface area contributed by atoms with Crippen molar-refractivity contribution >= 4 is 45.3 Å². The molecule has 4 nitrogen and oxygen atoms in total. The molecule has 1 N–H and O–H groups in total. The van der Waals surface area contributed by atoms with Crippen LogP contribution in [0.25, 0.3) is 6.08 Å². The lowest BCUT2D eigenvalue weighted by atomic mass is 10.2. The van der Waals surface area contributed by atoms with Gasteiger partial charge in [-0.05, 0) is 46.2 Å². The van der Waals surface area contributed by atoms with Gasteiger partial charge in [0.2, 0.25) is 0 Å². The van der Waals surface area contributed by atoms with Gasteiger partial charge in [0.25, 0.3) is 5.91 Å². The quantitative estimate of drug-likeness (QED) is 0.669. The molecule has 1 saturated heterocycles. The average molecular weight is 363 g/mol. The van der Waals surface area contributed by atoms with Crippen LogP contribution in [0.1, 0.15) is 11.1 Å². The molecule has 0 radical (unpaired) electrons. The van der Waals surface area contributed by atoms with Gasteiger partial charge in [-0.3, -0.25) is 9.69 Å². The molecule has 0 unspecified atom stereocenters. The smallest absolute Gasteiger partial charge is 0.303 e. The SMILES string of the molecule is O=C1NC(=Cc2ccsc2)C(=O)N1Cc1ccc(Br)cc1. The van der Waals surface area contributed by atoms with E-state index in [2.05, 4.69) is 21.2 Å². The van der Waals surface area contributed by atoms with E-state index < -0.39 is 0 Å². The molecule has 1 aromatic heterocycles. The highest BCUT2D eigenvalue weighted by atomic mass is 79.9. The van der Waals surface area contributed by atoms with E-state index in [0.29, 0.717) is 5.70 Å². The molecule has 1 fully saturated rings. The highest BCUT2D eigenvalue weighted by Gasteiger charge is 2.33. The molecule has 1 aromatic carbocycles. The van der Waals surface area contributed by atoms with Crippen LogP contribution in [0, 0.1) is 0 Å². The van der Waals surface area contributed by atoms with Crippen molar-refractivity contribution in [3.63, 3.8) is 0 Å². The Morgan fingerprint density at radius 1 is 1.19 bits per heavy atom. The summed E-state index contributed by atoms with van der Waals surface area (Å²) in [6.45, 7) is 0.263. The van der Waals surface area contributed by atoms with Crippen molar-refractivity contribution in [2.24, 2.45) is 0 Å². The van der Waals surface area contributed by atoms with Gasteiger partial charge in [0.1, 0.15) is 5.70 Å². The largest absolute Gasteiger partial charge is 0.329 e. The molecule has 1 aliphatic rings. The lowest BCUT2D eigenvalue weighted by Crippen LogP contribution is -2.30. The maximum Gasteiger partial charge on any atom is 0.329 e. The minimum atomic E-state index is -0.385. The third-order valence-electron chi connectivity index (χ3n) is 3.07. The molecule has 0 bridgehead atoms. The summed E-state index contributed by atoms with van der Waals surface area (Å²) >= 11 is 4.90. The second kappa shape index (κ2) is 5.83. The fourth-order valence-corrected chi connectivity index (χ4v) is 2.89. The van der Waals surface area contributed by atoms with Gasteiger partial charge in [0, 0.05) is 4.47 Å². The number of urea groups is 1. The average Bonchev–Trinajstić information content (AvgIpc) is 3.06. The fraction of sp³-hybridized carbons (Fsp3) is 0.0667. The molecular weight excluding hydrogens is 352 g/mol. The molecule has 21 heavy (non-hydrogen) atoms. The van der Waals surface area contributed by atoms with Gasteiger partial charge in [-0.1, -0.05) is 28.1 Å². The van der Waals surface area contributed by atoms with Crippen molar-refractivity contribution in [1.82, 2.24) is 10.2 Å². The lowest BCUT2D eigenvalue weighted by Gasteiger charge is -2.11. The summed E-state index contributed by atoms with van der Waals surface area (Å²) in [6, 6.07) is 9.04. The molecule has 2 heterocycles. The third kappa shape index (κ3) is 3.06. The van der Waals surface area contributed by atoms with Crippen LogP contribution < -0.4 is 5.32 Å². The summed E-state index contributed by atoms with van der Waals surface area (Å²) in [4.78, 5) is 25.4. The van der Waals surface area contributed by atoms with E-state index in [9.17, 15) is 9.59 Å². The second-order valence-electron chi connectivity index (χ2n) is 4.56. The normalized spacial score (nSPS) is 16.6. The zero-order chi connectivity index (χ0) is 14.8. The fourth-order valence-electron chi connectivity index (χ4n) is 2.01. The number of nitrogens with zero attached hydrogens (tertiary/aromatic N) is 1. The number of benzene rings is 1. The Kier molecular flexibility index (Phi) is 3.90. The Balaban J connectivity index is 1.79. The number of hydrogen-bond acceptors (Lipinski definition) is 3. The molecule has 0 saturated carbocycles. The predicted molar refractivity (Wildman–Crippen MR) is 85.5 cm³/mol. The molecule has 3 amide bonds. The highest BCUT2D eigenvalue weighted by molar-refractivity contribution is 9.10. The number of nitrogens with one attached hydrogen (secondary N) is 1. The van der Waals surface area contributed by atoms with Crippen LogP contribution in [0.15, 0.2) is 51.3 Å². The molecule has 106 valence electrons. The first kappa shape index (κ1) is 14.0. The van der Waals surface area contributed by atoms with Crippen LogP contribution in [0.3, 0.4) is 0 Å². The van der Waals surface area contributed by atoms with E-state index in [0.717, 1.165) is 15.6 Å². The third-order valence-corrected chi connectivity index (χ3v) is 4.30. The number of imide groups is 1. The van der Waals surface area contributed by atoms with Crippen molar-refractivity contribution in [1.29, 1.82) is 0 Å². The summed E-state index contributed by atoms with van der Waals surface area (Å²) < 4.78 is 0.960. The molecular formula is C15H11BrN2O2S. The lowest BCUT2D eigenvalue weighted by molar-refractivity contribution is -0.123. The maximum absolute atomic E-state index is 12.3. The molecule has 0 spiro atoms. The Hall–Kier alpha value is -1.92. The maximum atomic E-state index is 12.3. The summed E-state index contributed by atoms with van der Waals surface area (Å²) in [5.41, 5.74) is 2.13. The van der Waals surface area contributed by atoms with E-state index in [4.69, 9.17) is 0 Å². The van der Waals surface area contributed by atoms with Crippen molar-refractivity contribution in [3.05, 3.63) is 62.4 Å². The van der Waals surface area contributed by atoms with Crippen LogP contribution in [-0.4, -0.2) is 16.8 Å².